The van der Waals surface area contributed by atoms with Crippen molar-refractivity contribution in [2.45, 2.75) is 6.10 Å². The van der Waals surface area contributed by atoms with Gasteiger partial charge >= 0.3 is 0 Å². The molecule has 0 aliphatic rings. The molecule has 0 radical (unpaired) electrons. The van der Waals surface area contributed by atoms with Gasteiger partial charge in [-0.25, -0.2) is 4.39 Å². The van der Waals surface area contributed by atoms with Gasteiger partial charge in [0.25, 0.3) is 0 Å². The van der Waals surface area contributed by atoms with Crippen LogP contribution in [0.5, 0.6) is 0 Å². The lowest BCUT2D eigenvalue weighted by Gasteiger charge is -2.10. The molecule has 0 fully saturated rings. The van der Waals surface area contributed by atoms with Crippen LogP contribution in [0.3, 0.4) is 0 Å². The van der Waals surface area contributed by atoms with Crippen molar-refractivity contribution in [1.82, 2.24) is 0 Å². The second kappa shape index (κ2) is 5.14. The molecule has 0 bridgehead atoms. The van der Waals surface area contributed by atoms with Gasteiger partial charge in [0.2, 0.25) is 0 Å². The highest BCUT2D eigenvalue weighted by Crippen LogP contribution is 2.19. The van der Waals surface area contributed by atoms with E-state index < -0.39 is 11.9 Å². The van der Waals surface area contributed by atoms with Crippen LogP contribution in [0.4, 0.5) is 10.1 Å². The minimum absolute atomic E-state index is 0.0771. The largest absolute Gasteiger partial charge is 0.394 e. The first-order valence-electron chi connectivity index (χ1n) is 4.11. The van der Waals surface area contributed by atoms with Crippen LogP contribution in [0, 0.1) is 5.82 Å². The zero-order chi connectivity index (χ0) is 10.6. The third kappa shape index (κ3) is 3.14. The summed E-state index contributed by atoms with van der Waals surface area (Å²) >= 11 is 5.65. The Labute approximate surface area is 86.1 Å². The topological polar surface area (TPSA) is 52.5 Å². The monoisotopic (exact) mass is 219 g/mol. The number of aliphatic hydroxyl groups is 2. The molecule has 0 saturated heterocycles. The summed E-state index contributed by atoms with van der Waals surface area (Å²) in [7, 11) is 0. The van der Waals surface area contributed by atoms with Crippen LogP contribution < -0.4 is 5.32 Å². The average Bonchev–Trinajstić information content (AvgIpc) is 2.19. The van der Waals surface area contributed by atoms with Crippen molar-refractivity contribution in [3.05, 3.63) is 29.0 Å². The fraction of sp³-hybridized carbons (Fsp3) is 0.333. The summed E-state index contributed by atoms with van der Waals surface area (Å²) in [4.78, 5) is 0. The quantitative estimate of drug-likeness (QED) is 0.714. The highest BCUT2D eigenvalue weighted by atomic mass is 35.5. The summed E-state index contributed by atoms with van der Waals surface area (Å²) in [6.45, 7) is -0.289. The predicted molar refractivity (Wildman–Crippen MR) is 53.0 cm³/mol. The van der Waals surface area contributed by atoms with Gasteiger partial charge in [-0.05, 0) is 18.2 Å². The predicted octanol–water partition coefficient (Wildman–Crippen LogP) is 1.24. The van der Waals surface area contributed by atoms with Crippen molar-refractivity contribution < 1.29 is 14.6 Å². The first kappa shape index (κ1) is 11.2. The maximum Gasteiger partial charge on any atom is 0.146 e. The Hall–Kier alpha value is -0.840. The van der Waals surface area contributed by atoms with E-state index in [1.165, 1.54) is 18.2 Å². The maximum atomic E-state index is 13.1. The molecular weight excluding hydrogens is 209 g/mol. The van der Waals surface area contributed by atoms with Crippen LogP contribution in [-0.4, -0.2) is 29.5 Å². The number of rotatable bonds is 4. The number of hydrogen-bond acceptors (Lipinski definition) is 3. The Kier molecular flexibility index (Phi) is 4.13. The zero-order valence-corrected chi connectivity index (χ0v) is 8.13. The molecule has 5 heteroatoms. The molecule has 0 aromatic heterocycles. The summed E-state index contributed by atoms with van der Waals surface area (Å²) < 4.78 is 13.1. The van der Waals surface area contributed by atoms with E-state index in [1.54, 1.807) is 0 Å². The lowest BCUT2D eigenvalue weighted by molar-refractivity contribution is 0.105. The summed E-state index contributed by atoms with van der Waals surface area (Å²) in [5, 5.41) is 20.6. The van der Waals surface area contributed by atoms with Crippen LogP contribution >= 0.6 is 11.6 Å². The molecule has 0 unspecified atom stereocenters. The molecule has 1 aromatic carbocycles. The highest BCUT2D eigenvalue weighted by Gasteiger charge is 2.05. The molecule has 0 amide bonds. The average molecular weight is 220 g/mol. The van der Waals surface area contributed by atoms with Crippen LogP contribution in [0.1, 0.15) is 0 Å². The van der Waals surface area contributed by atoms with Gasteiger partial charge in [0.1, 0.15) is 5.82 Å². The van der Waals surface area contributed by atoms with E-state index in [9.17, 15) is 4.39 Å². The first-order chi connectivity index (χ1) is 6.63. The van der Waals surface area contributed by atoms with E-state index in [0.717, 1.165) is 0 Å². The number of hydrogen-bond donors (Lipinski definition) is 3. The Bertz CT molecular complexity index is 309. The molecule has 3 nitrogen and oxygen atoms in total. The molecule has 14 heavy (non-hydrogen) atoms. The number of nitrogens with one attached hydrogen (secondary N) is 1. The molecule has 0 aliphatic heterocycles. The number of anilines is 1. The van der Waals surface area contributed by atoms with E-state index in [4.69, 9.17) is 21.8 Å². The molecule has 78 valence electrons. The standard InChI is InChI=1S/C9H11ClFNO2/c10-6-1-2-8(11)9(3-6)12-4-7(14)5-13/h1-3,7,12-14H,4-5H2/t7-/m0/s1. The normalized spacial score (nSPS) is 12.6. The number of halogens is 2. The highest BCUT2D eigenvalue weighted by molar-refractivity contribution is 6.30. The van der Waals surface area contributed by atoms with Gasteiger partial charge < -0.3 is 15.5 Å². The number of benzene rings is 1. The summed E-state index contributed by atoms with van der Waals surface area (Å²) in [5.41, 5.74) is 0.213. The van der Waals surface area contributed by atoms with Gasteiger partial charge in [-0.1, -0.05) is 11.6 Å². The van der Waals surface area contributed by atoms with Gasteiger partial charge in [-0.3, -0.25) is 0 Å². The van der Waals surface area contributed by atoms with E-state index in [0.29, 0.717) is 5.02 Å². The van der Waals surface area contributed by atoms with Gasteiger partial charge in [0.05, 0.1) is 18.4 Å². The Morgan fingerprint density at radius 3 is 2.86 bits per heavy atom. The van der Waals surface area contributed by atoms with E-state index in [-0.39, 0.29) is 18.8 Å². The van der Waals surface area contributed by atoms with E-state index >= 15 is 0 Å². The fourth-order valence-electron chi connectivity index (χ4n) is 0.925. The third-order valence-corrected chi connectivity index (χ3v) is 1.90. The lowest BCUT2D eigenvalue weighted by atomic mass is 10.3. The summed E-state index contributed by atoms with van der Waals surface area (Å²) in [6, 6.07) is 4.08. The zero-order valence-electron chi connectivity index (χ0n) is 7.37. The van der Waals surface area contributed by atoms with E-state index in [2.05, 4.69) is 5.32 Å². The molecule has 3 N–H and O–H groups in total. The van der Waals surface area contributed by atoms with Crippen LogP contribution in [-0.2, 0) is 0 Å². The molecular formula is C9H11ClFNO2. The van der Waals surface area contributed by atoms with Crippen molar-refractivity contribution in [1.29, 1.82) is 0 Å². The Morgan fingerprint density at radius 2 is 2.21 bits per heavy atom. The summed E-state index contributed by atoms with van der Waals surface area (Å²) in [6.07, 6.45) is -0.909. The molecule has 1 aromatic rings. The van der Waals surface area contributed by atoms with Gasteiger partial charge in [-0.2, -0.15) is 0 Å². The van der Waals surface area contributed by atoms with Crippen molar-refractivity contribution in [3.63, 3.8) is 0 Å². The third-order valence-electron chi connectivity index (χ3n) is 1.67. The van der Waals surface area contributed by atoms with E-state index in [1.807, 2.05) is 0 Å². The Balaban J connectivity index is 2.62. The molecule has 0 aliphatic carbocycles. The second-order valence-electron chi connectivity index (χ2n) is 2.84. The lowest BCUT2D eigenvalue weighted by Crippen LogP contribution is -2.23. The molecule has 0 heterocycles. The van der Waals surface area contributed by atoms with Crippen LogP contribution in [0.2, 0.25) is 5.02 Å². The molecule has 0 saturated carbocycles. The second-order valence-corrected chi connectivity index (χ2v) is 3.28. The Morgan fingerprint density at radius 1 is 1.50 bits per heavy atom. The smallest absolute Gasteiger partial charge is 0.146 e. The molecule has 0 spiro atoms. The minimum atomic E-state index is -0.909. The minimum Gasteiger partial charge on any atom is -0.394 e. The van der Waals surface area contributed by atoms with Gasteiger partial charge in [-0.15, -0.1) is 0 Å². The van der Waals surface area contributed by atoms with Crippen LogP contribution in [0.25, 0.3) is 0 Å². The van der Waals surface area contributed by atoms with Crippen molar-refractivity contribution in [2.75, 3.05) is 18.5 Å². The summed E-state index contributed by atoms with van der Waals surface area (Å²) in [5.74, 6) is -0.445. The van der Waals surface area contributed by atoms with Crippen molar-refractivity contribution in [3.8, 4) is 0 Å². The van der Waals surface area contributed by atoms with Crippen molar-refractivity contribution in [2.24, 2.45) is 0 Å². The molecule has 1 rings (SSSR count). The van der Waals surface area contributed by atoms with Gasteiger partial charge in [0, 0.05) is 11.6 Å². The van der Waals surface area contributed by atoms with Crippen LogP contribution in [0.15, 0.2) is 18.2 Å². The number of aliphatic hydroxyl groups excluding tert-OH is 2. The molecule has 1 atom stereocenters. The van der Waals surface area contributed by atoms with Gasteiger partial charge in [0.15, 0.2) is 0 Å². The SMILES string of the molecule is OC[C@@H](O)CNc1cc(Cl)ccc1F. The maximum absolute atomic E-state index is 13.1. The first-order valence-corrected chi connectivity index (χ1v) is 4.49. The fourth-order valence-corrected chi connectivity index (χ4v) is 1.10. The van der Waals surface area contributed by atoms with Crippen molar-refractivity contribution >= 4 is 17.3 Å².